The average molecular weight is 308 g/mol. The summed E-state index contributed by atoms with van der Waals surface area (Å²) in [7, 11) is 3.24. The molecule has 0 atom stereocenters. The average Bonchev–Trinajstić information content (AvgIpc) is 2.50. The molecule has 0 aliphatic heterocycles. The van der Waals surface area contributed by atoms with Crippen LogP contribution in [0, 0.1) is 0 Å². The lowest BCUT2D eigenvalue weighted by molar-refractivity contribution is 0.354. The number of pyridine rings is 1. The lowest BCUT2D eigenvalue weighted by Gasteiger charge is -2.11. The van der Waals surface area contributed by atoms with Crippen molar-refractivity contribution in [1.29, 1.82) is 0 Å². The maximum absolute atomic E-state index is 5.85. The molecule has 0 spiro atoms. The molecule has 1 heterocycles. The number of nitrogens with one attached hydrogen (secondary N) is 1. The number of nitrogens with two attached hydrogens (primary N) is 1. The summed E-state index contributed by atoms with van der Waals surface area (Å²) in [6.45, 7) is 0.688. The Morgan fingerprint density at radius 3 is 2.62 bits per heavy atom. The molecule has 2 rings (SSSR count). The summed E-state index contributed by atoms with van der Waals surface area (Å²) in [6.07, 6.45) is 0.800. The van der Waals surface area contributed by atoms with Gasteiger partial charge in [-0.3, -0.25) is 0 Å². The van der Waals surface area contributed by atoms with Gasteiger partial charge in [-0.15, -0.1) is 0 Å². The van der Waals surface area contributed by atoms with Crippen LogP contribution in [0.4, 0.5) is 11.5 Å². The van der Waals surface area contributed by atoms with Crippen molar-refractivity contribution in [3.63, 3.8) is 0 Å². The molecule has 0 fully saturated rings. The Labute approximate surface area is 129 Å². The van der Waals surface area contributed by atoms with Crippen LogP contribution >= 0.6 is 11.6 Å². The number of aromatic nitrogens is 1. The van der Waals surface area contributed by atoms with E-state index in [0.29, 0.717) is 23.2 Å². The van der Waals surface area contributed by atoms with Crippen molar-refractivity contribution < 1.29 is 9.47 Å². The summed E-state index contributed by atoms with van der Waals surface area (Å²) in [4.78, 5) is 4.15. The van der Waals surface area contributed by atoms with Gasteiger partial charge in [0.25, 0.3) is 0 Å². The van der Waals surface area contributed by atoms with Crippen LogP contribution < -0.4 is 20.5 Å². The third-order valence-corrected chi connectivity index (χ3v) is 3.26. The molecule has 1 aromatic heterocycles. The van der Waals surface area contributed by atoms with Gasteiger partial charge in [-0.25, -0.2) is 4.98 Å². The van der Waals surface area contributed by atoms with Crippen LogP contribution in [0.15, 0.2) is 30.3 Å². The molecule has 0 aliphatic carbocycles. The minimum atomic E-state index is 0.415. The van der Waals surface area contributed by atoms with E-state index in [4.69, 9.17) is 26.8 Å². The molecule has 0 saturated heterocycles. The quantitative estimate of drug-likeness (QED) is 0.803. The molecule has 0 aliphatic rings. The van der Waals surface area contributed by atoms with Crippen molar-refractivity contribution in [3.8, 4) is 11.5 Å². The maximum Gasteiger partial charge on any atom is 0.160 e. The predicted molar refractivity (Wildman–Crippen MR) is 85.4 cm³/mol. The van der Waals surface area contributed by atoms with E-state index in [9.17, 15) is 0 Å². The van der Waals surface area contributed by atoms with Crippen molar-refractivity contribution in [1.82, 2.24) is 4.98 Å². The van der Waals surface area contributed by atoms with Gasteiger partial charge >= 0.3 is 0 Å². The number of nitrogens with zero attached hydrogens (tertiary/aromatic N) is 1. The molecule has 1 aromatic carbocycles. The van der Waals surface area contributed by atoms with Crippen LogP contribution in [0.1, 0.15) is 5.56 Å². The number of benzene rings is 1. The molecule has 0 radical (unpaired) electrons. The van der Waals surface area contributed by atoms with Gasteiger partial charge in [0.2, 0.25) is 0 Å². The molecule has 0 amide bonds. The molecule has 112 valence electrons. The minimum Gasteiger partial charge on any atom is -0.493 e. The first-order chi connectivity index (χ1) is 10.1. The second-order valence-corrected chi connectivity index (χ2v) is 4.83. The molecule has 21 heavy (non-hydrogen) atoms. The van der Waals surface area contributed by atoms with Gasteiger partial charge in [0.05, 0.1) is 19.9 Å². The van der Waals surface area contributed by atoms with E-state index in [-0.39, 0.29) is 0 Å². The fourth-order valence-corrected chi connectivity index (χ4v) is 2.10. The van der Waals surface area contributed by atoms with Crippen LogP contribution in [-0.4, -0.2) is 25.7 Å². The summed E-state index contributed by atoms with van der Waals surface area (Å²) < 4.78 is 10.5. The summed E-state index contributed by atoms with van der Waals surface area (Å²) in [5.41, 5.74) is 7.53. The summed E-state index contributed by atoms with van der Waals surface area (Å²) in [6, 6.07) is 9.23. The molecule has 3 N–H and O–H groups in total. The molecule has 2 aromatic rings. The molecule has 6 heteroatoms. The maximum atomic E-state index is 5.85. The Morgan fingerprint density at radius 1 is 1.14 bits per heavy atom. The first kappa shape index (κ1) is 15.3. The van der Waals surface area contributed by atoms with Crippen LogP contribution in [0.25, 0.3) is 0 Å². The highest BCUT2D eigenvalue weighted by atomic mass is 35.5. The van der Waals surface area contributed by atoms with Gasteiger partial charge in [-0.05, 0) is 36.2 Å². The van der Waals surface area contributed by atoms with Crippen LogP contribution in [-0.2, 0) is 6.42 Å². The number of anilines is 2. The standard InChI is InChI=1S/C15H18ClN3O2/c1-20-12-5-3-10(9-13(12)21-2)7-8-18-15-11(17)4-6-14(16)19-15/h3-6,9H,7-8,17H2,1-2H3,(H,18,19). The third kappa shape index (κ3) is 3.92. The molecular weight excluding hydrogens is 290 g/mol. The highest BCUT2D eigenvalue weighted by Crippen LogP contribution is 2.27. The van der Waals surface area contributed by atoms with E-state index in [2.05, 4.69) is 10.3 Å². The number of methoxy groups -OCH3 is 2. The van der Waals surface area contributed by atoms with E-state index in [0.717, 1.165) is 23.5 Å². The zero-order valence-corrected chi connectivity index (χ0v) is 12.8. The van der Waals surface area contributed by atoms with Gasteiger partial charge in [-0.2, -0.15) is 0 Å². The van der Waals surface area contributed by atoms with Gasteiger partial charge in [0.1, 0.15) is 5.15 Å². The Hall–Kier alpha value is -2.14. The molecule has 0 unspecified atom stereocenters. The van der Waals surface area contributed by atoms with Crippen molar-refractivity contribution in [3.05, 3.63) is 41.0 Å². The van der Waals surface area contributed by atoms with Crippen LogP contribution in [0.2, 0.25) is 5.15 Å². The lowest BCUT2D eigenvalue weighted by Crippen LogP contribution is -2.08. The second kappa shape index (κ2) is 7.04. The number of hydrogen-bond donors (Lipinski definition) is 2. The Morgan fingerprint density at radius 2 is 1.90 bits per heavy atom. The largest absolute Gasteiger partial charge is 0.493 e. The van der Waals surface area contributed by atoms with Gasteiger partial charge < -0.3 is 20.5 Å². The van der Waals surface area contributed by atoms with Crippen molar-refractivity contribution >= 4 is 23.1 Å². The van der Waals surface area contributed by atoms with E-state index >= 15 is 0 Å². The van der Waals surface area contributed by atoms with Crippen molar-refractivity contribution in [2.24, 2.45) is 0 Å². The SMILES string of the molecule is COc1ccc(CCNc2nc(Cl)ccc2N)cc1OC. The van der Waals surface area contributed by atoms with E-state index in [1.807, 2.05) is 18.2 Å². The Balaban J connectivity index is 1.98. The Bertz CT molecular complexity index is 620. The lowest BCUT2D eigenvalue weighted by atomic mass is 10.1. The van der Waals surface area contributed by atoms with E-state index in [1.54, 1.807) is 26.4 Å². The smallest absolute Gasteiger partial charge is 0.160 e. The zero-order chi connectivity index (χ0) is 15.2. The van der Waals surface area contributed by atoms with E-state index in [1.165, 1.54) is 0 Å². The number of hydrogen-bond acceptors (Lipinski definition) is 5. The van der Waals surface area contributed by atoms with Gasteiger partial charge in [0, 0.05) is 6.54 Å². The number of nitrogen functional groups attached to an aromatic ring is 1. The van der Waals surface area contributed by atoms with Crippen molar-refractivity contribution in [2.75, 3.05) is 31.8 Å². The van der Waals surface area contributed by atoms with Crippen molar-refractivity contribution in [2.45, 2.75) is 6.42 Å². The number of ether oxygens (including phenoxy) is 2. The predicted octanol–water partition coefficient (Wildman–Crippen LogP) is 2.99. The molecular formula is C15H18ClN3O2. The van der Waals surface area contributed by atoms with Gasteiger partial charge in [-0.1, -0.05) is 17.7 Å². The van der Waals surface area contributed by atoms with Crippen LogP contribution in [0.3, 0.4) is 0 Å². The van der Waals surface area contributed by atoms with Crippen LogP contribution in [0.5, 0.6) is 11.5 Å². The third-order valence-electron chi connectivity index (χ3n) is 3.05. The number of rotatable bonds is 6. The topological polar surface area (TPSA) is 69.4 Å². The highest BCUT2D eigenvalue weighted by Gasteiger charge is 2.05. The fourth-order valence-electron chi connectivity index (χ4n) is 1.95. The summed E-state index contributed by atoms with van der Waals surface area (Å²) >= 11 is 5.85. The second-order valence-electron chi connectivity index (χ2n) is 4.44. The fraction of sp³-hybridized carbons (Fsp3) is 0.267. The summed E-state index contributed by atoms with van der Waals surface area (Å²) in [5.74, 6) is 2.04. The zero-order valence-electron chi connectivity index (χ0n) is 12.0. The normalized spacial score (nSPS) is 10.2. The summed E-state index contributed by atoms with van der Waals surface area (Å²) in [5, 5.41) is 3.59. The number of halogens is 1. The van der Waals surface area contributed by atoms with E-state index < -0.39 is 0 Å². The molecule has 0 saturated carbocycles. The Kier molecular flexibility index (Phi) is 5.11. The first-order valence-corrected chi connectivity index (χ1v) is 6.88. The molecule has 0 bridgehead atoms. The molecule has 5 nitrogen and oxygen atoms in total. The minimum absolute atomic E-state index is 0.415. The first-order valence-electron chi connectivity index (χ1n) is 6.51. The highest BCUT2D eigenvalue weighted by molar-refractivity contribution is 6.29. The van der Waals surface area contributed by atoms with Gasteiger partial charge in [0.15, 0.2) is 17.3 Å². The monoisotopic (exact) mass is 307 g/mol.